The van der Waals surface area contributed by atoms with Gasteiger partial charge in [0.1, 0.15) is 5.82 Å². The Bertz CT molecular complexity index is 1130. The van der Waals surface area contributed by atoms with Crippen LogP contribution in [0, 0.1) is 0 Å². The summed E-state index contributed by atoms with van der Waals surface area (Å²) in [5.41, 5.74) is 3.66. The van der Waals surface area contributed by atoms with Crippen molar-refractivity contribution in [2.75, 3.05) is 69.1 Å². The topological polar surface area (TPSA) is 55.0 Å². The van der Waals surface area contributed by atoms with Gasteiger partial charge in [-0.3, -0.25) is 14.6 Å². The number of aromatic nitrogens is 1. The number of para-hydroxylation sites is 1. The number of benzene rings is 2. The van der Waals surface area contributed by atoms with Crippen molar-refractivity contribution < 1.29 is 4.79 Å². The minimum absolute atomic E-state index is 0.242. The number of nitrogens with one attached hydrogen (secondary N) is 1. The van der Waals surface area contributed by atoms with E-state index in [1.54, 1.807) is 0 Å². The molecule has 0 aliphatic carbocycles. The van der Waals surface area contributed by atoms with Crippen LogP contribution in [0.1, 0.15) is 24.0 Å². The Morgan fingerprint density at radius 3 is 2.37 bits per heavy atom. The first kappa shape index (κ1) is 26.2. The lowest BCUT2D eigenvalue weighted by Gasteiger charge is -2.35. The molecule has 5 rings (SSSR count). The van der Waals surface area contributed by atoms with Crippen LogP contribution in [0.4, 0.5) is 11.5 Å². The summed E-state index contributed by atoms with van der Waals surface area (Å²) in [6.07, 6.45) is 3.47. The first-order valence-electron chi connectivity index (χ1n) is 14.0. The van der Waals surface area contributed by atoms with Crippen molar-refractivity contribution in [3.8, 4) is 0 Å². The third-order valence-corrected chi connectivity index (χ3v) is 7.62. The van der Waals surface area contributed by atoms with Crippen LogP contribution in [0.2, 0.25) is 0 Å². The number of nitrogens with zero attached hydrogens (tertiary/aromatic N) is 5. The lowest BCUT2D eigenvalue weighted by atomic mass is 10.1. The summed E-state index contributed by atoms with van der Waals surface area (Å²) < 4.78 is 0. The molecule has 0 atom stereocenters. The van der Waals surface area contributed by atoms with Gasteiger partial charge in [-0.1, -0.05) is 54.6 Å². The third-order valence-electron chi connectivity index (χ3n) is 7.62. The van der Waals surface area contributed by atoms with Gasteiger partial charge >= 0.3 is 0 Å². The molecule has 0 spiro atoms. The molecule has 7 nitrogen and oxygen atoms in total. The molecule has 1 amide bonds. The minimum atomic E-state index is 0.242. The Morgan fingerprint density at radius 1 is 0.789 bits per heavy atom. The van der Waals surface area contributed by atoms with Gasteiger partial charge in [0.15, 0.2) is 0 Å². The summed E-state index contributed by atoms with van der Waals surface area (Å²) in [7, 11) is 0. The molecule has 0 bridgehead atoms. The highest BCUT2D eigenvalue weighted by Crippen LogP contribution is 2.20. The van der Waals surface area contributed by atoms with Gasteiger partial charge in [-0.2, -0.15) is 0 Å². The van der Waals surface area contributed by atoms with Crippen molar-refractivity contribution in [2.24, 2.45) is 0 Å². The van der Waals surface area contributed by atoms with Crippen LogP contribution in [0.3, 0.4) is 0 Å². The number of hydrogen-bond acceptors (Lipinski definition) is 6. The van der Waals surface area contributed by atoms with E-state index in [9.17, 15) is 4.79 Å². The maximum Gasteiger partial charge on any atom is 0.224 e. The predicted molar refractivity (Wildman–Crippen MR) is 154 cm³/mol. The van der Waals surface area contributed by atoms with E-state index in [1.165, 1.54) is 11.1 Å². The second-order valence-electron chi connectivity index (χ2n) is 10.3. The average molecular weight is 513 g/mol. The fourth-order valence-corrected chi connectivity index (χ4v) is 5.38. The minimum Gasteiger partial charge on any atom is -0.385 e. The number of anilines is 2. The van der Waals surface area contributed by atoms with Gasteiger partial charge < -0.3 is 15.1 Å². The van der Waals surface area contributed by atoms with Gasteiger partial charge in [-0.25, -0.2) is 4.98 Å². The van der Waals surface area contributed by atoms with Crippen LogP contribution in [0.25, 0.3) is 0 Å². The van der Waals surface area contributed by atoms with Gasteiger partial charge in [0.25, 0.3) is 0 Å². The van der Waals surface area contributed by atoms with Crippen molar-refractivity contribution in [3.05, 3.63) is 90.1 Å². The normalized spacial score (nSPS) is 17.8. The largest absolute Gasteiger partial charge is 0.385 e. The molecule has 38 heavy (non-hydrogen) atoms. The van der Waals surface area contributed by atoms with Crippen molar-refractivity contribution >= 4 is 17.4 Å². The molecule has 1 N–H and O–H groups in total. The van der Waals surface area contributed by atoms with Crippen molar-refractivity contribution in [2.45, 2.75) is 25.9 Å². The van der Waals surface area contributed by atoms with Crippen molar-refractivity contribution in [3.63, 3.8) is 0 Å². The van der Waals surface area contributed by atoms with E-state index in [2.05, 4.69) is 90.6 Å². The number of amides is 1. The van der Waals surface area contributed by atoms with Crippen molar-refractivity contribution in [1.29, 1.82) is 0 Å². The third kappa shape index (κ3) is 7.33. The molecule has 1 aromatic heterocycles. The molecule has 200 valence electrons. The molecule has 0 unspecified atom stereocenters. The average Bonchev–Trinajstić information content (AvgIpc) is 3.01. The number of piperazine rings is 1. The Kier molecular flexibility index (Phi) is 9.24. The Labute approximate surface area is 227 Å². The SMILES string of the molecule is O=C(CCN1CCN(c2ccccn2)CC1)N1CCN(Cc2ccccc2)CCCNc2ccccc2C1. The molecular formula is C31H40N6O. The maximum atomic E-state index is 13.6. The van der Waals surface area contributed by atoms with Gasteiger partial charge in [0.2, 0.25) is 5.91 Å². The monoisotopic (exact) mass is 512 g/mol. The number of fused-ring (bicyclic) bond motifs is 1. The van der Waals surface area contributed by atoms with Crippen LogP contribution in [0.5, 0.6) is 0 Å². The highest BCUT2D eigenvalue weighted by atomic mass is 16.2. The zero-order valence-corrected chi connectivity index (χ0v) is 22.3. The number of pyridine rings is 1. The molecule has 3 heterocycles. The molecule has 0 radical (unpaired) electrons. The molecule has 2 aliphatic heterocycles. The summed E-state index contributed by atoms with van der Waals surface area (Å²) in [6.45, 7) is 9.74. The van der Waals surface area contributed by atoms with Crippen molar-refractivity contribution in [1.82, 2.24) is 19.7 Å². The summed E-state index contributed by atoms with van der Waals surface area (Å²) in [5.74, 6) is 1.28. The van der Waals surface area contributed by atoms with Gasteiger partial charge in [0, 0.05) is 90.3 Å². The Morgan fingerprint density at radius 2 is 1.55 bits per heavy atom. The van der Waals surface area contributed by atoms with E-state index in [0.717, 1.165) is 83.4 Å². The molecule has 7 heteroatoms. The second kappa shape index (κ2) is 13.4. The fourth-order valence-electron chi connectivity index (χ4n) is 5.38. The quantitative estimate of drug-likeness (QED) is 0.540. The molecule has 3 aromatic rings. The number of hydrogen-bond donors (Lipinski definition) is 1. The van der Waals surface area contributed by atoms with E-state index >= 15 is 0 Å². The lowest BCUT2D eigenvalue weighted by molar-refractivity contribution is -0.132. The number of rotatable bonds is 6. The highest BCUT2D eigenvalue weighted by molar-refractivity contribution is 5.76. The van der Waals surface area contributed by atoms with E-state index in [-0.39, 0.29) is 5.91 Å². The van der Waals surface area contributed by atoms with E-state index in [1.807, 2.05) is 18.3 Å². The zero-order chi connectivity index (χ0) is 26.0. The first-order chi connectivity index (χ1) is 18.7. The molecule has 2 aromatic carbocycles. The summed E-state index contributed by atoms with van der Waals surface area (Å²) in [4.78, 5) is 27.4. The fraction of sp³-hybridized carbons (Fsp3) is 0.419. The summed E-state index contributed by atoms with van der Waals surface area (Å²) in [6, 6.07) is 25.2. The predicted octanol–water partition coefficient (Wildman–Crippen LogP) is 3.94. The summed E-state index contributed by atoms with van der Waals surface area (Å²) >= 11 is 0. The first-order valence-corrected chi connectivity index (χ1v) is 14.0. The smallest absolute Gasteiger partial charge is 0.224 e. The van der Waals surface area contributed by atoms with E-state index in [4.69, 9.17) is 0 Å². The number of carbonyl (C=O) groups is 1. The molecule has 1 saturated heterocycles. The van der Waals surface area contributed by atoms with Crippen LogP contribution in [-0.4, -0.2) is 84.5 Å². The van der Waals surface area contributed by atoms with Crippen LogP contribution < -0.4 is 10.2 Å². The molecule has 1 fully saturated rings. The molecular weight excluding hydrogens is 472 g/mol. The van der Waals surface area contributed by atoms with E-state index in [0.29, 0.717) is 13.0 Å². The standard InChI is InChI=1S/C31H40N6O/c38-31(14-18-34-19-22-36(23-20-34)30-13-6-7-15-33-30)37-24-21-35(25-27-9-2-1-3-10-27)17-8-16-32-29-12-5-4-11-28(29)26-37/h1-7,9-13,15,32H,8,14,16-26H2. The lowest BCUT2D eigenvalue weighted by Crippen LogP contribution is -2.48. The van der Waals surface area contributed by atoms with Gasteiger partial charge in [-0.15, -0.1) is 0 Å². The zero-order valence-electron chi connectivity index (χ0n) is 22.3. The number of carbonyl (C=O) groups excluding carboxylic acids is 1. The van der Waals surface area contributed by atoms with Crippen LogP contribution in [0.15, 0.2) is 79.0 Å². The Hall–Kier alpha value is -3.42. The Balaban J connectivity index is 1.20. The second-order valence-corrected chi connectivity index (χ2v) is 10.3. The maximum absolute atomic E-state index is 13.6. The summed E-state index contributed by atoms with van der Waals surface area (Å²) in [5, 5.41) is 3.62. The van der Waals surface area contributed by atoms with Gasteiger partial charge in [-0.05, 0) is 35.7 Å². The van der Waals surface area contributed by atoms with Crippen LogP contribution in [-0.2, 0) is 17.9 Å². The molecule has 2 aliphatic rings. The van der Waals surface area contributed by atoms with Crippen LogP contribution >= 0.6 is 0 Å². The van der Waals surface area contributed by atoms with E-state index < -0.39 is 0 Å². The highest BCUT2D eigenvalue weighted by Gasteiger charge is 2.22. The molecule has 0 saturated carbocycles. The van der Waals surface area contributed by atoms with Gasteiger partial charge in [0.05, 0.1) is 0 Å².